The number of hydrogen-bond donors (Lipinski definition) is 0. The third kappa shape index (κ3) is 3.74. The predicted molar refractivity (Wildman–Crippen MR) is 97.7 cm³/mol. The van der Waals surface area contributed by atoms with Crippen molar-refractivity contribution in [1.82, 2.24) is 14.9 Å². The van der Waals surface area contributed by atoms with Gasteiger partial charge < -0.3 is 9.32 Å². The first-order valence-electron chi connectivity index (χ1n) is 9.03. The Balaban J connectivity index is 1.56. The molecule has 138 valence electrons. The van der Waals surface area contributed by atoms with Gasteiger partial charge in [0, 0.05) is 25.6 Å². The van der Waals surface area contributed by atoms with Gasteiger partial charge in [-0.15, -0.1) is 0 Å². The van der Waals surface area contributed by atoms with Crippen LogP contribution in [-0.2, 0) is 6.42 Å². The number of aromatic nitrogens is 2. The zero-order valence-corrected chi connectivity index (χ0v) is 15.1. The summed E-state index contributed by atoms with van der Waals surface area (Å²) in [4.78, 5) is 23.5. The van der Waals surface area contributed by atoms with Gasteiger partial charge in [-0.1, -0.05) is 18.2 Å². The zero-order valence-electron chi connectivity index (χ0n) is 15.1. The monoisotopic (exact) mass is 365 g/mol. The molecule has 1 aromatic carbocycles. The molecule has 6 heteroatoms. The smallest absolute Gasteiger partial charge is 0.276 e. The molecule has 4 rings (SSSR count). The largest absolute Gasteiger partial charge is 0.448 e. The van der Waals surface area contributed by atoms with E-state index >= 15 is 0 Å². The second-order valence-corrected chi connectivity index (χ2v) is 6.77. The SMILES string of the molecule is Cc1nc(C(=O)N2CCCC2c2cccc(Cc3cccc(F)c3)n2)co1. The van der Waals surface area contributed by atoms with Crippen LogP contribution in [-0.4, -0.2) is 27.3 Å². The van der Waals surface area contributed by atoms with E-state index in [-0.39, 0.29) is 17.8 Å². The molecule has 1 aliphatic heterocycles. The zero-order chi connectivity index (χ0) is 18.8. The lowest BCUT2D eigenvalue weighted by Crippen LogP contribution is -2.31. The van der Waals surface area contributed by atoms with Crippen molar-refractivity contribution in [1.29, 1.82) is 0 Å². The van der Waals surface area contributed by atoms with Crippen LogP contribution in [0.15, 0.2) is 53.1 Å². The topological polar surface area (TPSA) is 59.2 Å². The number of oxazole rings is 1. The van der Waals surface area contributed by atoms with Gasteiger partial charge in [0.15, 0.2) is 11.6 Å². The van der Waals surface area contributed by atoms with E-state index in [2.05, 4.69) is 4.98 Å². The number of rotatable bonds is 4. The van der Waals surface area contributed by atoms with Crippen LogP contribution in [0.2, 0.25) is 0 Å². The van der Waals surface area contributed by atoms with Gasteiger partial charge in [-0.3, -0.25) is 9.78 Å². The third-order valence-corrected chi connectivity index (χ3v) is 4.80. The molecule has 1 fully saturated rings. The van der Waals surface area contributed by atoms with Gasteiger partial charge in [0.1, 0.15) is 12.1 Å². The molecule has 0 bridgehead atoms. The van der Waals surface area contributed by atoms with E-state index in [1.165, 1.54) is 18.4 Å². The molecule has 5 nitrogen and oxygen atoms in total. The number of carbonyl (C=O) groups excluding carboxylic acids is 1. The standard InChI is InChI=1S/C21H20FN3O2/c1-14-23-19(13-27-14)21(26)25-10-4-9-20(25)18-8-3-7-17(24-18)12-15-5-2-6-16(22)11-15/h2-3,5-8,11,13,20H,4,9-10,12H2,1H3. The summed E-state index contributed by atoms with van der Waals surface area (Å²) < 4.78 is 18.6. The van der Waals surface area contributed by atoms with Crippen LogP contribution in [0.4, 0.5) is 4.39 Å². The van der Waals surface area contributed by atoms with Crippen molar-refractivity contribution in [3.8, 4) is 0 Å². The minimum Gasteiger partial charge on any atom is -0.448 e. The number of hydrogen-bond acceptors (Lipinski definition) is 4. The van der Waals surface area contributed by atoms with Crippen LogP contribution in [0.3, 0.4) is 0 Å². The number of likely N-dealkylation sites (tertiary alicyclic amines) is 1. The lowest BCUT2D eigenvalue weighted by molar-refractivity contribution is 0.0726. The molecule has 1 aliphatic rings. The van der Waals surface area contributed by atoms with Gasteiger partial charge in [0.25, 0.3) is 5.91 Å². The minimum absolute atomic E-state index is 0.0815. The fourth-order valence-corrected chi connectivity index (χ4v) is 3.56. The Morgan fingerprint density at radius 3 is 2.89 bits per heavy atom. The average Bonchev–Trinajstić information content (AvgIpc) is 3.30. The van der Waals surface area contributed by atoms with Crippen molar-refractivity contribution in [3.63, 3.8) is 0 Å². The van der Waals surface area contributed by atoms with E-state index in [1.54, 1.807) is 13.0 Å². The quantitative estimate of drug-likeness (QED) is 0.699. The highest BCUT2D eigenvalue weighted by molar-refractivity contribution is 5.92. The van der Waals surface area contributed by atoms with Crippen molar-refractivity contribution in [2.75, 3.05) is 6.54 Å². The molecule has 27 heavy (non-hydrogen) atoms. The summed E-state index contributed by atoms with van der Waals surface area (Å²) in [7, 11) is 0. The van der Waals surface area contributed by atoms with Crippen LogP contribution < -0.4 is 0 Å². The highest BCUT2D eigenvalue weighted by Gasteiger charge is 2.32. The summed E-state index contributed by atoms with van der Waals surface area (Å²) in [5, 5.41) is 0. The number of amides is 1. The van der Waals surface area contributed by atoms with Crippen molar-refractivity contribution in [2.24, 2.45) is 0 Å². The van der Waals surface area contributed by atoms with Gasteiger partial charge in [-0.25, -0.2) is 9.37 Å². The fraction of sp³-hybridized carbons (Fsp3) is 0.286. The second kappa shape index (κ2) is 7.31. The minimum atomic E-state index is -0.251. The van der Waals surface area contributed by atoms with E-state index in [1.807, 2.05) is 29.2 Å². The van der Waals surface area contributed by atoms with E-state index < -0.39 is 0 Å². The molecule has 1 unspecified atom stereocenters. The summed E-state index contributed by atoms with van der Waals surface area (Å²) in [5.74, 6) is 0.0927. The Bertz CT molecular complexity index is 969. The fourth-order valence-electron chi connectivity index (χ4n) is 3.56. The lowest BCUT2D eigenvalue weighted by atomic mass is 10.1. The number of benzene rings is 1. The first-order chi connectivity index (χ1) is 13.1. The molecule has 0 radical (unpaired) electrons. The maximum absolute atomic E-state index is 13.4. The van der Waals surface area contributed by atoms with Crippen LogP contribution in [0, 0.1) is 12.7 Å². The van der Waals surface area contributed by atoms with Crippen LogP contribution in [0.1, 0.15) is 52.2 Å². The lowest BCUT2D eigenvalue weighted by Gasteiger charge is -2.23. The molecule has 1 amide bonds. The molecule has 0 N–H and O–H groups in total. The maximum atomic E-state index is 13.4. The summed E-state index contributed by atoms with van der Waals surface area (Å²) in [6.07, 6.45) is 3.73. The second-order valence-electron chi connectivity index (χ2n) is 6.77. The summed E-state index contributed by atoms with van der Waals surface area (Å²) in [6, 6.07) is 12.3. The number of pyridine rings is 1. The molecule has 1 atom stereocenters. The molecule has 2 aromatic heterocycles. The number of nitrogens with zero attached hydrogens (tertiary/aromatic N) is 3. The van der Waals surface area contributed by atoms with Crippen molar-refractivity contribution in [3.05, 3.63) is 83.1 Å². The number of carbonyl (C=O) groups is 1. The van der Waals surface area contributed by atoms with Gasteiger partial charge in [-0.05, 0) is 42.7 Å². The third-order valence-electron chi connectivity index (χ3n) is 4.80. The summed E-state index contributed by atoms with van der Waals surface area (Å²) in [5.41, 5.74) is 2.91. The molecular formula is C21H20FN3O2. The van der Waals surface area contributed by atoms with Crippen LogP contribution in [0.5, 0.6) is 0 Å². The van der Waals surface area contributed by atoms with E-state index in [0.717, 1.165) is 29.8 Å². The Morgan fingerprint density at radius 2 is 2.11 bits per heavy atom. The van der Waals surface area contributed by atoms with Gasteiger partial charge in [0.05, 0.1) is 11.7 Å². The Labute approximate surface area is 156 Å². The molecule has 0 spiro atoms. The first-order valence-corrected chi connectivity index (χ1v) is 9.03. The van der Waals surface area contributed by atoms with Crippen molar-refractivity contribution < 1.29 is 13.6 Å². The van der Waals surface area contributed by atoms with Gasteiger partial charge in [-0.2, -0.15) is 0 Å². The summed E-state index contributed by atoms with van der Waals surface area (Å²) in [6.45, 7) is 2.39. The van der Waals surface area contributed by atoms with Gasteiger partial charge >= 0.3 is 0 Å². The molecule has 0 saturated carbocycles. The first kappa shape index (κ1) is 17.4. The highest BCUT2D eigenvalue weighted by Crippen LogP contribution is 2.32. The summed E-state index contributed by atoms with van der Waals surface area (Å²) >= 11 is 0. The van der Waals surface area contributed by atoms with E-state index in [9.17, 15) is 9.18 Å². The molecule has 0 aliphatic carbocycles. The normalized spacial score (nSPS) is 16.7. The maximum Gasteiger partial charge on any atom is 0.276 e. The van der Waals surface area contributed by atoms with E-state index in [0.29, 0.717) is 24.6 Å². The Kier molecular flexibility index (Phi) is 4.71. The average molecular weight is 365 g/mol. The van der Waals surface area contributed by atoms with Crippen molar-refractivity contribution >= 4 is 5.91 Å². The van der Waals surface area contributed by atoms with Gasteiger partial charge in [0.2, 0.25) is 0 Å². The van der Waals surface area contributed by atoms with Crippen LogP contribution >= 0.6 is 0 Å². The van der Waals surface area contributed by atoms with Crippen LogP contribution in [0.25, 0.3) is 0 Å². The number of halogens is 1. The number of aryl methyl sites for hydroxylation is 1. The molecule has 3 aromatic rings. The predicted octanol–water partition coefficient (Wildman–Crippen LogP) is 4.09. The molecule has 3 heterocycles. The Morgan fingerprint density at radius 1 is 1.26 bits per heavy atom. The van der Waals surface area contributed by atoms with Crippen molar-refractivity contribution in [2.45, 2.75) is 32.2 Å². The highest BCUT2D eigenvalue weighted by atomic mass is 19.1. The molecule has 1 saturated heterocycles. The molecular weight excluding hydrogens is 345 g/mol. The van der Waals surface area contributed by atoms with E-state index in [4.69, 9.17) is 9.40 Å². The Hall–Kier alpha value is -3.02.